The van der Waals surface area contributed by atoms with Crippen molar-refractivity contribution in [2.75, 3.05) is 6.61 Å². The lowest BCUT2D eigenvalue weighted by atomic mass is 10.4. The monoisotopic (exact) mass is 326 g/mol. The number of benzene rings is 1. The third kappa shape index (κ3) is 3.44. The van der Waals surface area contributed by atoms with Crippen LogP contribution >= 0.6 is 36.7 Å². The average molecular weight is 327 g/mol. The molecule has 0 aliphatic carbocycles. The van der Waals surface area contributed by atoms with E-state index >= 15 is 0 Å². The molecule has 0 fully saturated rings. The molecule has 3 heteroatoms. The summed E-state index contributed by atoms with van der Waals surface area (Å²) >= 11 is 3.28. The van der Waals surface area contributed by atoms with Crippen molar-refractivity contribution in [3.63, 3.8) is 0 Å². The van der Waals surface area contributed by atoms with Gasteiger partial charge in [0.1, 0.15) is 0 Å². The second-order valence-electron chi connectivity index (χ2n) is 1.88. The lowest BCUT2D eigenvalue weighted by Crippen LogP contribution is -1.77. The van der Waals surface area contributed by atoms with Gasteiger partial charge in [-0.05, 0) is 28.3 Å². The first-order valence-corrected chi connectivity index (χ1v) is 6.26. The van der Waals surface area contributed by atoms with Gasteiger partial charge in [0.05, 0.1) is 6.61 Å². The molecule has 11 heavy (non-hydrogen) atoms. The molecule has 0 heterocycles. The van der Waals surface area contributed by atoms with Crippen LogP contribution in [-0.4, -0.2) is 15.7 Å². The highest BCUT2D eigenvalue weighted by Crippen LogP contribution is 2.14. The molecule has 1 N–H and O–H groups in total. The number of rotatable bonds is 2. The topological polar surface area (TPSA) is 20.2 Å². The van der Waals surface area contributed by atoms with Gasteiger partial charge in [0.2, 0.25) is 0 Å². The molecule has 0 radical (unpaired) electrons. The van der Waals surface area contributed by atoms with E-state index in [1.807, 2.05) is 16.1 Å². The van der Waals surface area contributed by atoms with E-state index in [4.69, 9.17) is 5.11 Å². The molecule has 0 saturated heterocycles. The molecule has 0 saturated carbocycles. The van der Waals surface area contributed by atoms with Crippen LogP contribution in [0.2, 0.25) is 0 Å². The Morgan fingerprint density at radius 1 is 1.36 bits per heavy atom. The molecule has 0 aromatic heterocycles. The lowest BCUT2D eigenvalue weighted by Gasteiger charge is -1.91. The van der Waals surface area contributed by atoms with Crippen LogP contribution in [0.15, 0.2) is 28.7 Å². The van der Waals surface area contributed by atoms with Gasteiger partial charge in [-0.3, -0.25) is 0 Å². The van der Waals surface area contributed by atoms with Gasteiger partial charge in [0.15, 0.2) is 0 Å². The second kappa shape index (κ2) is 5.00. The van der Waals surface area contributed by atoms with E-state index in [1.165, 1.54) is 3.57 Å². The van der Waals surface area contributed by atoms with E-state index < -0.39 is 0 Å². The summed E-state index contributed by atoms with van der Waals surface area (Å²) < 4.78 is 4.39. The predicted molar refractivity (Wildman–Crippen MR) is 60.0 cm³/mol. The molecule has 60 valence electrons. The average Bonchev–Trinajstić information content (AvgIpc) is 2.04. The first kappa shape index (κ1) is 9.35. The zero-order valence-corrected chi connectivity index (χ0v) is 9.54. The molecule has 0 unspecified atom stereocenters. The highest BCUT2D eigenvalue weighted by atomic mass is 127. The van der Waals surface area contributed by atoms with Gasteiger partial charge >= 0.3 is 0 Å². The van der Waals surface area contributed by atoms with Gasteiger partial charge in [-0.2, -0.15) is 0 Å². The molecule has 0 atom stereocenters. The summed E-state index contributed by atoms with van der Waals surface area (Å²) in [6.07, 6.45) is 0. The summed E-state index contributed by atoms with van der Waals surface area (Å²) in [5.74, 6) is 0. The van der Waals surface area contributed by atoms with Gasteiger partial charge in [-0.25, -0.2) is 0 Å². The van der Waals surface area contributed by atoms with Crippen molar-refractivity contribution < 1.29 is 5.11 Å². The summed E-state index contributed by atoms with van der Waals surface area (Å²) in [6, 6.07) is 8.23. The Labute approximate surface area is 84.3 Å². The van der Waals surface area contributed by atoms with Crippen LogP contribution in [0, 0.1) is 3.57 Å². The van der Waals surface area contributed by atoms with Crippen molar-refractivity contribution in [3.8, 4) is 0 Å². The first-order valence-electron chi connectivity index (χ1n) is 3.14. The molecule has 1 aromatic carbocycles. The fourth-order valence-corrected chi connectivity index (χ4v) is 2.37. The van der Waals surface area contributed by atoms with Gasteiger partial charge < -0.3 is 5.11 Å². The highest BCUT2D eigenvalue weighted by Gasteiger charge is 1.86. The summed E-state index contributed by atoms with van der Waals surface area (Å²) in [5, 5.41) is 8.54. The summed E-state index contributed by atoms with van der Waals surface area (Å²) in [6.45, 7) is 0.198. The summed E-state index contributed by atoms with van der Waals surface area (Å²) in [7, 11) is 0. The number of aliphatic hydroxyl groups is 1. The standard InChI is InChI=1S/C8H8BrIO/c9-7-1-3-8(4-2-7)10-5-6-11/h1-5,11H,6H2. The zero-order valence-electron chi connectivity index (χ0n) is 5.80. The van der Waals surface area contributed by atoms with E-state index in [0.29, 0.717) is 0 Å². The Kier molecular flexibility index (Phi) is 4.25. The fraction of sp³-hybridized carbons (Fsp3) is 0.125. The minimum absolute atomic E-state index is 0.0819. The zero-order chi connectivity index (χ0) is 8.10. The number of hydrogen-bond acceptors (Lipinski definition) is 1. The Hall–Kier alpha value is 0.260. The molecule has 0 amide bonds. The third-order valence-electron chi connectivity index (χ3n) is 1.08. The first-order chi connectivity index (χ1) is 5.33. The molecular weight excluding hydrogens is 319 g/mol. The minimum atomic E-state index is -0.0819. The maximum atomic E-state index is 8.54. The third-order valence-corrected chi connectivity index (χ3v) is 3.88. The van der Waals surface area contributed by atoms with E-state index in [2.05, 4.69) is 28.1 Å². The predicted octanol–water partition coefficient (Wildman–Crippen LogP) is 2.38. The number of hydrogen-bond donors (Lipinski definition) is 1. The largest absolute Gasteiger partial charge is 0.392 e. The van der Waals surface area contributed by atoms with E-state index in [9.17, 15) is 0 Å². The molecule has 0 aliphatic heterocycles. The Bertz CT molecular complexity index is 243. The van der Waals surface area contributed by atoms with E-state index in [1.54, 1.807) is 0 Å². The molecule has 1 rings (SSSR count). The van der Waals surface area contributed by atoms with Crippen molar-refractivity contribution >= 4 is 40.7 Å². The van der Waals surface area contributed by atoms with Gasteiger partial charge in [0.25, 0.3) is 0 Å². The van der Waals surface area contributed by atoms with Crippen molar-refractivity contribution in [1.29, 1.82) is 0 Å². The molecule has 1 nitrogen and oxygen atoms in total. The van der Waals surface area contributed by atoms with Crippen LogP contribution in [0.1, 0.15) is 0 Å². The smallest absolute Gasteiger partial charge is 0.0667 e. The highest BCUT2D eigenvalue weighted by molar-refractivity contribution is 14.2. The van der Waals surface area contributed by atoms with Crippen LogP contribution in [-0.2, 0) is 0 Å². The van der Waals surface area contributed by atoms with Crippen LogP contribution in [0.4, 0.5) is 0 Å². The van der Waals surface area contributed by atoms with Crippen molar-refractivity contribution in [2.45, 2.75) is 0 Å². The van der Waals surface area contributed by atoms with Crippen molar-refractivity contribution in [2.24, 2.45) is 0 Å². The maximum Gasteiger partial charge on any atom is 0.0667 e. The summed E-state index contributed by atoms with van der Waals surface area (Å²) in [5.41, 5.74) is 0. The van der Waals surface area contributed by atoms with E-state index in [-0.39, 0.29) is 27.3 Å². The maximum absolute atomic E-state index is 8.54. The molecule has 0 spiro atoms. The van der Waals surface area contributed by atoms with Crippen LogP contribution in [0.25, 0.3) is 0 Å². The summed E-state index contributed by atoms with van der Waals surface area (Å²) in [4.78, 5) is 0. The Morgan fingerprint density at radius 3 is 2.55 bits per heavy atom. The van der Waals surface area contributed by atoms with Crippen molar-refractivity contribution in [3.05, 3.63) is 32.3 Å². The Morgan fingerprint density at radius 2 is 2.00 bits per heavy atom. The lowest BCUT2D eigenvalue weighted by molar-refractivity contribution is 0.364. The van der Waals surface area contributed by atoms with Gasteiger partial charge in [0, 0.05) is 8.04 Å². The number of aliphatic hydroxyl groups excluding tert-OH is 1. The van der Waals surface area contributed by atoms with Gasteiger partial charge in [-0.1, -0.05) is 36.7 Å². The number of halogens is 2. The second-order valence-corrected chi connectivity index (χ2v) is 5.55. The molecule has 0 aliphatic rings. The van der Waals surface area contributed by atoms with E-state index in [0.717, 1.165) is 4.47 Å². The minimum Gasteiger partial charge on any atom is -0.392 e. The molecule has 1 aromatic rings. The van der Waals surface area contributed by atoms with Gasteiger partial charge in [-0.15, -0.1) is 0 Å². The Balaban J connectivity index is 2.73. The SMILES string of the molecule is OCC=Ic1ccc(Br)cc1. The normalized spacial score (nSPS) is 11.5. The van der Waals surface area contributed by atoms with Crippen LogP contribution < -0.4 is 0 Å². The van der Waals surface area contributed by atoms with Crippen LogP contribution in [0.5, 0.6) is 0 Å². The fourth-order valence-electron chi connectivity index (χ4n) is 0.626. The molecular formula is C8H8BrIO. The van der Waals surface area contributed by atoms with Crippen LogP contribution in [0.3, 0.4) is 0 Å². The van der Waals surface area contributed by atoms with Crippen molar-refractivity contribution in [1.82, 2.24) is 0 Å². The molecule has 0 bridgehead atoms. The quantitative estimate of drug-likeness (QED) is 0.827.